The van der Waals surface area contributed by atoms with Crippen LogP contribution in [0.25, 0.3) is 16.6 Å². The first-order valence-corrected chi connectivity index (χ1v) is 10.9. The Balaban J connectivity index is 1.38. The van der Waals surface area contributed by atoms with E-state index in [2.05, 4.69) is 15.5 Å². The van der Waals surface area contributed by atoms with Crippen molar-refractivity contribution in [3.05, 3.63) is 89.5 Å². The zero-order valence-electron chi connectivity index (χ0n) is 17.9. The number of phenolic OH excluding ortho intramolecular Hbond substituents is 2. The van der Waals surface area contributed by atoms with E-state index >= 15 is 0 Å². The Bertz CT molecular complexity index is 1360. The lowest BCUT2D eigenvalue weighted by Crippen LogP contribution is -2.11. The van der Waals surface area contributed by atoms with Crippen LogP contribution in [0.4, 0.5) is 5.13 Å². The van der Waals surface area contributed by atoms with E-state index in [1.807, 2.05) is 0 Å². The number of ether oxygens (including phenoxy) is 1. The van der Waals surface area contributed by atoms with Crippen molar-refractivity contribution >= 4 is 34.2 Å². The van der Waals surface area contributed by atoms with Crippen LogP contribution >= 0.6 is 11.3 Å². The van der Waals surface area contributed by atoms with Gasteiger partial charge in [-0.3, -0.25) is 14.9 Å². The molecular weight excluding hydrogens is 454 g/mol. The van der Waals surface area contributed by atoms with Crippen molar-refractivity contribution in [2.24, 2.45) is 0 Å². The van der Waals surface area contributed by atoms with Crippen molar-refractivity contribution in [2.75, 3.05) is 12.4 Å². The molecule has 1 heterocycles. The SMILES string of the molecule is COc1ccc(C(=O)/C=C/c2ccc(C(=O)Nc3nnc(-c4ccc(O)c(O)c4)s3)cc2)cc1. The molecule has 0 saturated heterocycles. The molecule has 1 aromatic heterocycles. The van der Waals surface area contributed by atoms with Gasteiger partial charge < -0.3 is 14.9 Å². The number of aromatic nitrogens is 2. The second kappa shape index (κ2) is 9.97. The molecular formula is C25H19N3O5S. The van der Waals surface area contributed by atoms with Crippen LogP contribution in [-0.4, -0.2) is 39.2 Å². The molecule has 170 valence electrons. The highest BCUT2D eigenvalue weighted by atomic mass is 32.1. The summed E-state index contributed by atoms with van der Waals surface area (Å²) in [5, 5.41) is 30.5. The Labute approximate surface area is 198 Å². The number of nitrogens with zero attached hydrogens (tertiary/aromatic N) is 2. The minimum Gasteiger partial charge on any atom is -0.504 e. The maximum absolute atomic E-state index is 12.5. The largest absolute Gasteiger partial charge is 0.504 e. The average Bonchev–Trinajstić information content (AvgIpc) is 3.33. The number of carbonyl (C=O) groups is 2. The molecule has 4 aromatic rings. The second-order valence-corrected chi connectivity index (χ2v) is 8.10. The number of phenols is 2. The zero-order chi connectivity index (χ0) is 24.1. The van der Waals surface area contributed by atoms with Crippen molar-refractivity contribution in [3.8, 4) is 27.8 Å². The van der Waals surface area contributed by atoms with Crippen molar-refractivity contribution in [3.63, 3.8) is 0 Å². The molecule has 0 aliphatic carbocycles. The van der Waals surface area contributed by atoms with E-state index in [0.29, 0.717) is 32.6 Å². The maximum atomic E-state index is 12.5. The lowest BCUT2D eigenvalue weighted by Gasteiger charge is -2.02. The fraction of sp³-hybridized carbons (Fsp3) is 0.0400. The van der Waals surface area contributed by atoms with Gasteiger partial charge in [-0.25, -0.2) is 0 Å². The third kappa shape index (κ3) is 5.28. The average molecular weight is 474 g/mol. The second-order valence-electron chi connectivity index (χ2n) is 7.12. The molecule has 0 fully saturated rings. The zero-order valence-corrected chi connectivity index (χ0v) is 18.7. The number of nitrogens with one attached hydrogen (secondary N) is 1. The molecule has 4 rings (SSSR count). The number of ketones is 1. The molecule has 0 saturated carbocycles. The van der Waals surface area contributed by atoms with Crippen molar-refractivity contribution in [1.29, 1.82) is 0 Å². The molecule has 0 aliphatic rings. The summed E-state index contributed by atoms with van der Waals surface area (Å²) in [4.78, 5) is 24.9. The van der Waals surface area contributed by atoms with Gasteiger partial charge in [0.25, 0.3) is 5.91 Å². The minimum atomic E-state index is -0.360. The van der Waals surface area contributed by atoms with Crippen LogP contribution in [0.3, 0.4) is 0 Å². The van der Waals surface area contributed by atoms with Gasteiger partial charge in [-0.15, -0.1) is 10.2 Å². The van der Waals surface area contributed by atoms with Gasteiger partial charge in [0.15, 0.2) is 17.3 Å². The third-order valence-corrected chi connectivity index (χ3v) is 5.73. The molecule has 0 unspecified atom stereocenters. The number of hydrogen-bond acceptors (Lipinski definition) is 8. The van der Waals surface area contributed by atoms with E-state index in [4.69, 9.17) is 4.74 Å². The minimum absolute atomic E-state index is 0.140. The summed E-state index contributed by atoms with van der Waals surface area (Å²) in [6.07, 6.45) is 3.15. The summed E-state index contributed by atoms with van der Waals surface area (Å²) in [7, 11) is 1.57. The Kier molecular flexibility index (Phi) is 6.65. The summed E-state index contributed by atoms with van der Waals surface area (Å²) in [5.74, 6) is -0.318. The number of anilines is 1. The fourth-order valence-corrected chi connectivity index (χ4v) is 3.72. The highest BCUT2D eigenvalue weighted by Gasteiger charge is 2.12. The molecule has 34 heavy (non-hydrogen) atoms. The third-order valence-electron chi connectivity index (χ3n) is 4.84. The number of methoxy groups -OCH3 is 1. The van der Waals surface area contributed by atoms with Crippen molar-refractivity contribution in [2.45, 2.75) is 0 Å². The van der Waals surface area contributed by atoms with Gasteiger partial charge in [0.2, 0.25) is 5.13 Å². The molecule has 0 bridgehead atoms. The van der Waals surface area contributed by atoms with E-state index in [-0.39, 0.29) is 23.2 Å². The summed E-state index contributed by atoms with van der Waals surface area (Å²) in [6, 6.07) is 17.9. The molecule has 3 N–H and O–H groups in total. The van der Waals surface area contributed by atoms with Crippen LogP contribution in [0.2, 0.25) is 0 Å². The van der Waals surface area contributed by atoms with Crippen LogP contribution in [0, 0.1) is 0 Å². The molecule has 0 aliphatic heterocycles. The lowest BCUT2D eigenvalue weighted by molar-refractivity contribution is 0.102. The number of hydrogen-bond donors (Lipinski definition) is 3. The van der Waals surface area contributed by atoms with Crippen molar-refractivity contribution in [1.82, 2.24) is 10.2 Å². The Morgan fingerprint density at radius 1 is 0.912 bits per heavy atom. The predicted molar refractivity (Wildman–Crippen MR) is 129 cm³/mol. The summed E-state index contributed by atoms with van der Waals surface area (Å²) < 4.78 is 5.09. The number of amides is 1. The molecule has 0 atom stereocenters. The quantitative estimate of drug-likeness (QED) is 0.201. The predicted octanol–water partition coefficient (Wildman–Crippen LogP) is 4.77. The van der Waals surface area contributed by atoms with Gasteiger partial charge >= 0.3 is 0 Å². The van der Waals surface area contributed by atoms with Crippen LogP contribution in [-0.2, 0) is 0 Å². The standard InChI is InChI=1S/C25H19N3O5S/c1-33-19-10-7-16(8-11-19)20(29)12-4-15-2-5-17(6-3-15)23(32)26-25-28-27-24(34-25)18-9-13-21(30)22(31)14-18/h2-14,30-31H,1H3,(H,26,28,32)/b12-4+. The first-order chi connectivity index (χ1) is 16.4. The highest BCUT2D eigenvalue weighted by molar-refractivity contribution is 7.18. The van der Waals surface area contributed by atoms with E-state index in [9.17, 15) is 19.8 Å². The summed E-state index contributed by atoms with van der Waals surface area (Å²) in [5.41, 5.74) is 2.29. The number of aromatic hydroxyl groups is 2. The Hall–Kier alpha value is -4.50. The smallest absolute Gasteiger partial charge is 0.257 e. The van der Waals surface area contributed by atoms with Gasteiger partial charge in [-0.1, -0.05) is 29.5 Å². The first kappa shape index (κ1) is 22.7. The highest BCUT2D eigenvalue weighted by Crippen LogP contribution is 2.33. The maximum Gasteiger partial charge on any atom is 0.257 e. The van der Waals surface area contributed by atoms with E-state index in [1.165, 1.54) is 18.2 Å². The van der Waals surface area contributed by atoms with E-state index in [1.54, 1.807) is 67.8 Å². The van der Waals surface area contributed by atoms with Gasteiger partial charge in [-0.2, -0.15) is 0 Å². The first-order valence-electron chi connectivity index (χ1n) is 10.1. The topological polar surface area (TPSA) is 122 Å². The van der Waals surface area contributed by atoms with Crippen LogP contribution in [0.15, 0.2) is 72.8 Å². The van der Waals surface area contributed by atoms with Gasteiger partial charge in [0.1, 0.15) is 10.8 Å². The number of allylic oxidation sites excluding steroid dienone is 1. The Morgan fingerprint density at radius 2 is 1.62 bits per heavy atom. The molecule has 3 aromatic carbocycles. The van der Waals surface area contributed by atoms with E-state index in [0.717, 1.165) is 16.9 Å². The summed E-state index contributed by atoms with van der Waals surface area (Å²) >= 11 is 1.13. The normalized spacial score (nSPS) is 10.9. The van der Waals surface area contributed by atoms with Crippen LogP contribution in [0.5, 0.6) is 17.2 Å². The van der Waals surface area contributed by atoms with E-state index < -0.39 is 0 Å². The molecule has 1 amide bonds. The fourth-order valence-electron chi connectivity index (χ4n) is 2.99. The number of benzene rings is 3. The lowest BCUT2D eigenvalue weighted by atomic mass is 10.1. The molecule has 8 nitrogen and oxygen atoms in total. The number of rotatable bonds is 7. The van der Waals surface area contributed by atoms with Gasteiger partial charge in [0, 0.05) is 16.7 Å². The summed E-state index contributed by atoms with van der Waals surface area (Å²) in [6.45, 7) is 0. The van der Waals surface area contributed by atoms with Gasteiger partial charge in [0.05, 0.1) is 7.11 Å². The molecule has 0 radical (unpaired) electrons. The Morgan fingerprint density at radius 3 is 2.29 bits per heavy atom. The van der Waals surface area contributed by atoms with Gasteiger partial charge in [-0.05, 0) is 66.2 Å². The molecule has 0 spiro atoms. The number of carbonyl (C=O) groups excluding carboxylic acids is 2. The van der Waals surface area contributed by atoms with Crippen molar-refractivity contribution < 1.29 is 24.5 Å². The molecule has 9 heteroatoms. The van der Waals surface area contributed by atoms with Crippen LogP contribution in [0.1, 0.15) is 26.3 Å². The van der Waals surface area contributed by atoms with Crippen LogP contribution < -0.4 is 10.1 Å². The monoisotopic (exact) mass is 473 g/mol.